The van der Waals surface area contributed by atoms with E-state index in [0.717, 1.165) is 9.26 Å². The average Bonchev–Trinajstić information content (AvgIpc) is 2.28. The Balaban J connectivity index is 2.69. The van der Waals surface area contributed by atoms with Crippen LogP contribution in [0.25, 0.3) is 0 Å². The predicted octanol–water partition coefficient (Wildman–Crippen LogP) is 3.04. The zero-order chi connectivity index (χ0) is 12.8. The minimum atomic E-state index is -0.393. The van der Waals surface area contributed by atoms with Crippen LogP contribution in [0.4, 0.5) is 11.4 Å². The van der Waals surface area contributed by atoms with E-state index in [2.05, 4.69) is 27.9 Å². The van der Waals surface area contributed by atoms with Gasteiger partial charge in [0.2, 0.25) is 0 Å². The highest BCUT2D eigenvalue weighted by Crippen LogP contribution is 2.24. The number of hydrogen-bond donors (Lipinski definition) is 1. The third-order valence-corrected chi connectivity index (χ3v) is 3.03. The lowest BCUT2D eigenvalue weighted by molar-refractivity contribution is -0.384. The summed E-state index contributed by atoms with van der Waals surface area (Å²) in [7, 11) is 0. The number of ether oxygens (including phenoxy) is 1. The first-order valence-electron chi connectivity index (χ1n) is 5.32. The van der Waals surface area contributed by atoms with Crippen LogP contribution in [0, 0.1) is 13.7 Å². The van der Waals surface area contributed by atoms with Crippen LogP contribution >= 0.6 is 22.6 Å². The lowest BCUT2D eigenvalue weighted by Gasteiger charge is -2.16. The number of rotatable bonds is 6. The Bertz CT molecular complexity index is 398. The number of anilines is 1. The summed E-state index contributed by atoms with van der Waals surface area (Å²) in [6, 6.07) is 4.95. The van der Waals surface area contributed by atoms with Crippen molar-refractivity contribution in [1.29, 1.82) is 0 Å². The Morgan fingerprint density at radius 3 is 2.82 bits per heavy atom. The van der Waals surface area contributed by atoms with E-state index < -0.39 is 4.92 Å². The van der Waals surface area contributed by atoms with Gasteiger partial charge in [-0.3, -0.25) is 10.1 Å². The van der Waals surface area contributed by atoms with Gasteiger partial charge >= 0.3 is 0 Å². The molecule has 0 heterocycles. The molecule has 0 saturated carbocycles. The molecule has 5 nitrogen and oxygen atoms in total. The van der Waals surface area contributed by atoms with Gasteiger partial charge in [0, 0.05) is 34.0 Å². The normalized spacial score (nSPS) is 12.2. The maximum absolute atomic E-state index is 10.6. The molecule has 0 aliphatic heterocycles. The second-order valence-corrected chi connectivity index (χ2v) is 4.79. The molecule has 0 bridgehead atoms. The molecule has 1 atom stereocenters. The number of nitro benzene ring substituents is 1. The number of benzene rings is 1. The second-order valence-electron chi connectivity index (χ2n) is 3.63. The molecule has 94 valence electrons. The summed E-state index contributed by atoms with van der Waals surface area (Å²) >= 11 is 2.08. The van der Waals surface area contributed by atoms with Gasteiger partial charge < -0.3 is 10.1 Å². The van der Waals surface area contributed by atoms with E-state index in [4.69, 9.17) is 4.74 Å². The molecule has 0 fully saturated rings. The standard InChI is InChI=1S/C11H15IN2O3/c1-3-17-7-8(2)13-11-5-4-9(14(15)16)6-10(11)12/h4-6,8,13H,3,7H2,1-2H3. The van der Waals surface area contributed by atoms with Gasteiger partial charge in [0.25, 0.3) is 5.69 Å². The fraction of sp³-hybridized carbons (Fsp3) is 0.455. The van der Waals surface area contributed by atoms with E-state index in [1.807, 2.05) is 13.8 Å². The van der Waals surface area contributed by atoms with Crippen molar-refractivity contribution in [3.05, 3.63) is 31.9 Å². The maximum Gasteiger partial charge on any atom is 0.270 e. The summed E-state index contributed by atoms with van der Waals surface area (Å²) in [6.07, 6.45) is 0. The Morgan fingerprint density at radius 2 is 2.29 bits per heavy atom. The molecule has 1 N–H and O–H groups in total. The molecule has 0 aliphatic carbocycles. The lowest BCUT2D eigenvalue weighted by atomic mass is 10.2. The Hall–Kier alpha value is -0.890. The first-order valence-corrected chi connectivity index (χ1v) is 6.40. The van der Waals surface area contributed by atoms with Crippen molar-refractivity contribution in [2.75, 3.05) is 18.5 Å². The van der Waals surface area contributed by atoms with Crippen molar-refractivity contribution in [2.24, 2.45) is 0 Å². The van der Waals surface area contributed by atoms with E-state index in [9.17, 15) is 10.1 Å². The summed E-state index contributed by atoms with van der Waals surface area (Å²) in [5.41, 5.74) is 1.00. The van der Waals surface area contributed by atoms with Gasteiger partial charge in [0.15, 0.2) is 0 Å². The van der Waals surface area contributed by atoms with Crippen LogP contribution in [0.5, 0.6) is 0 Å². The maximum atomic E-state index is 10.6. The zero-order valence-electron chi connectivity index (χ0n) is 9.77. The number of nitrogens with one attached hydrogen (secondary N) is 1. The van der Waals surface area contributed by atoms with Crippen LogP contribution in [-0.4, -0.2) is 24.2 Å². The number of halogens is 1. The number of hydrogen-bond acceptors (Lipinski definition) is 4. The number of nitrogens with zero attached hydrogens (tertiary/aromatic N) is 1. The Labute approximate surface area is 114 Å². The minimum absolute atomic E-state index is 0.109. The molecule has 0 spiro atoms. The highest BCUT2D eigenvalue weighted by molar-refractivity contribution is 14.1. The minimum Gasteiger partial charge on any atom is -0.380 e. The molecule has 0 aliphatic rings. The quantitative estimate of drug-likeness (QED) is 0.487. The van der Waals surface area contributed by atoms with Gasteiger partial charge in [-0.2, -0.15) is 0 Å². The third-order valence-electron chi connectivity index (χ3n) is 2.14. The summed E-state index contributed by atoms with van der Waals surface area (Å²) in [5.74, 6) is 0. The van der Waals surface area contributed by atoms with Crippen LogP contribution in [0.15, 0.2) is 18.2 Å². The van der Waals surface area contributed by atoms with Crippen molar-refractivity contribution in [2.45, 2.75) is 19.9 Å². The lowest BCUT2D eigenvalue weighted by Crippen LogP contribution is -2.22. The van der Waals surface area contributed by atoms with Gasteiger partial charge in [-0.05, 0) is 42.5 Å². The number of nitro groups is 1. The van der Waals surface area contributed by atoms with Crippen LogP contribution in [0.3, 0.4) is 0 Å². The number of non-ortho nitro benzene ring substituents is 1. The van der Waals surface area contributed by atoms with Gasteiger partial charge in [0.1, 0.15) is 0 Å². The van der Waals surface area contributed by atoms with E-state index >= 15 is 0 Å². The van der Waals surface area contributed by atoms with Crippen LogP contribution in [0.1, 0.15) is 13.8 Å². The average molecular weight is 350 g/mol. The van der Waals surface area contributed by atoms with Crippen molar-refractivity contribution in [3.8, 4) is 0 Å². The summed E-state index contributed by atoms with van der Waals surface area (Å²) in [6.45, 7) is 5.25. The first kappa shape index (κ1) is 14.2. The third kappa shape index (κ3) is 4.47. The van der Waals surface area contributed by atoms with Crippen LogP contribution in [0.2, 0.25) is 0 Å². The highest BCUT2D eigenvalue weighted by Gasteiger charge is 2.10. The Morgan fingerprint density at radius 1 is 1.59 bits per heavy atom. The monoisotopic (exact) mass is 350 g/mol. The molecular weight excluding hydrogens is 335 g/mol. The molecule has 1 aromatic rings. The smallest absolute Gasteiger partial charge is 0.270 e. The SMILES string of the molecule is CCOCC(C)Nc1ccc([N+](=O)[O-])cc1I. The van der Waals surface area contributed by atoms with Crippen LogP contribution < -0.4 is 5.32 Å². The second kappa shape index (κ2) is 6.75. The highest BCUT2D eigenvalue weighted by atomic mass is 127. The molecule has 1 unspecified atom stereocenters. The molecule has 1 rings (SSSR count). The Kier molecular flexibility index (Phi) is 5.63. The molecule has 17 heavy (non-hydrogen) atoms. The molecule has 0 radical (unpaired) electrons. The molecular formula is C11H15IN2O3. The summed E-state index contributed by atoms with van der Waals surface area (Å²) < 4.78 is 6.13. The predicted molar refractivity (Wildman–Crippen MR) is 75.4 cm³/mol. The van der Waals surface area contributed by atoms with Crippen molar-refractivity contribution in [1.82, 2.24) is 0 Å². The van der Waals surface area contributed by atoms with Gasteiger partial charge in [0.05, 0.1) is 11.5 Å². The molecule has 0 saturated heterocycles. The summed E-state index contributed by atoms with van der Waals surface area (Å²) in [4.78, 5) is 10.2. The molecule has 1 aromatic carbocycles. The van der Waals surface area contributed by atoms with Crippen molar-refractivity contribution in [3.63, 3.8) is 0 Å². The van der Waals surface area contributed by atoms with Crippen LogP contribution in [-0.2, 0) is 4.74 Å². The van der Waals surface area contributed by atoms with Crippen molar-refractivity contribution < 1.29 is 9.66 Å². The zero-order valence-corrected chi connectivity index (χ0v) is 11.9. The fourth-order valence-corrected chi connectivity index (χ4v) is 1.99. The van der Waals surface area contributed by atoms with E-state index in [1.165, 1.54) is 6.07 Å². The van der Waals surface area contributed by atoms with E-state index in [0.29, 0.717) is 13.2 Å². The fourth-order valence-electron chi connectivity index (χ4n) is 1.34. The van der Waals surface area contributed by atoms with Gasteiger partial charge in [-0.15, -0.1) is 0 Å². The van der Waals surface area contributed by atoms with E-state index in [-0.39, 0.29) is 11.7 Å². The van der Waals surface area contributed by atoms with E-state index in [1.54, 1.807) is 12.1 Å². The topological polar surface area (TPSA) is 64.4 Å². The molecule has 0 amide bonds. The largest absolute Gasteiger partial charge is 0.380 e. The molecule has 6 heteroatoms. The van der Waals surface area contributed by atoms with Gasteiger partial charge in [-0.25, -0.2) is 0 Å². The molecule has 0 aromatic heterocycles. The summed E-state index contributed by atoms with van der Waals surface area (Å²) in [5, 5.41) is 13.8. The first-order chi connectivity index (χ1) is 8.04. The van der Waals surface area contributed by atoms with Crippen molar-refractivity contribution >= 4 is 34.0 Å². The van der Waals surface area contributed by atoms with Gasteiger partial charge in [-0.1, -0.05) is 0 Å².